The molecule has 0 saturated heterocycles. The number of carbonyl (C=O) groups is 1. The van der Waals surface area contributed by atoms with Crippen molar-refractivity contribution in [3.63, 3.8) is 0 Å². The van der Waals surface area contributed by atoms with Crippen LogP contribution >= 0.6 is 0 Å². The molecule has 0 fully saturated rings. The number of carboxylic acids is 1. The molecule has 2 atom stereocenters. The lowest BCUT2D eigenvalue weighted by molar-refractivity contribution is -0.145. The summed E-state index contributed by atoms with van der Waals surface area (Å²) in [5, 5.41) is 17.1. The lowest BCUT2D eigenvalue weighted by Gasteiger charge is -2.22. The summed E-state index contributed by atoms with van der Waals surface area (Å²) in [7, 11) is 0. The van der Waals surface area contributed by atoms with E-state index in [9.17, 15) is 9.18 Å². The lowest BCUT2D eigenvalue weighted by atomic mass is 9.99. The maximum Gasteiger partial charge on any atom is 0.323 e. The van der Waals surface area contributed by atoms with Crippen molar-refractivity contribution >= 4 is 5.97 Å². The van der Waals surface area contributed by atoms with Crippen molar-refractivity contribution in [2.75, 3.05) is 6.67 Å². The van der Waals surface area contributed by atoms with Crippen molar-refractivity contribution < 1.29 is 19.4 Å². The van der Waals surface area contributed by atoms with Gasteiger partial charge in [-0.3, -0.25) is 4.79 Å². The van der Waals surface area contributed by atoms with Gasteiger partial charge in [-0.05, 0) is 6.92 Å². The van der Waals surface area contributed by atoms with Crippen LogP contribution < -0.4 is 5.73 Å². The fourth-order valence-electron chi connectivity index (χ4n) is 0.349. The normalized spacial score (nSPS) is 19.6. The van der Waals surface area contributed by atoms with Gasteiger partial charge in [-0.15, -0.1) is 0 Å². The topological polar surface area (TPSA) is 83.5 Å². The van der Waals surface area contributed by atoms with Crippen molar-refractivity contribution in [1.29, 1.82) is 0 Å². The minimum atomic E-state index is -1.97. The number of rotatable bonds is 3. The summed E-state index contributed by atoms with van der Waals surface area (Å²) in [5.74, 6) is -1.41. The highest BCUT2D eigenvalue weighted by atomic mass is 19.1. The van der Waals surface area contributed by atoms with Crippen molar-refractivity contribution in [3.8, 4) is 0 Å². The van der Waals surface area contributed by atoms with E-state index >= 15 is 0 Å². The van der Waals surface area contributed by atoms with Crippen molar-refractivity contribution in [2.45, 2.75) is 18.6 Å². The summed E-state index contributed by atoms with van der Waals surface area (Å²) in [6.07, 6.45) is 0. The predicted molar refractivity (Wildman–Crippen MR) is 32.2 cm³/mol. The van der Waals surface area contributed by atoms with Crippen LogP contribution in [-0.2, 0) is 4.79 Å². The van der Waals surface area contributed by atoms with Gasteiger partial charge in [0.2, 0.25) is 0 Å². The van der Waals surface area contributed by atoms with Gasteiger partial charge in [0, 0.05) is 0 Å². The lowest BCUT2D eigenvalue weighted by Crippen LogP contribution is -2.52. The summed E-state index contributed by atoms with van der Waals surface area (Å²) >= 11 is 0. The molecular weight excluding hydrogens is 141 g/mol. The van der Waals surface area contributed by atoms with Crippen LogP contribution in [0.4, 0.5) is 4.39 Å². The molecule has 0 aromatic rings. The van der Waals surface area contributed by atoms with Crippen LogP contribution in [0.3, 0.4) is 0 Å². The first-order chi connectivity index (χ1) is 4.41. The van der Waals surface area contributed by atoms with E-state index < -0.39 is 24.3 Å². The molecule has 0 bridgehead atoms. The average molecular weight is 151 g/mol. The second kappa shape index (κ2) is 2.94. The van der Waals surface area contributed by atoms with Gasteiger partial charge >= 0.3 is 5.97 Å². The van der Waals surface area contributed by atoms with Crippen molar-refractivity contribution in [1.82, 2.24) is 0 Å². The summed E-state index contributed by atoms with van der Waals surface area (Å²) in [6, 6.07) is -1.57. The third-order valence-corrected chi connectivity index (χ3v) is 1.21. The van der Waals surface area contributed by atoms with Gasteiger partial charge in [-0.1, -0.05) is 0 Å². The van der Waals surface area contributed by atoms with Gasteiger partial charge in [0.15, 0.2) is 0 Å². The van der Waals surface area contributed by atoms with Crippen LogP contribution in [0, 0.1) is 0 Å². The van der Waals surface area contributed by atoms with Gasteiger partial charge in [-0.25, -0.2) is 4.39 Å². The fraction of sp³-hybridized carbons (Fsp3) is 0.800. The Morgan fingerprint density at radius 2 is 2.30 bits per heavy atom. The zero-order valence-corrected chi connectivity index (χ0v) is 5.54. The van der Waals surface area contributed by atoms with Crippen LogP contribution in [0.2, 0.25) is 0 Å². The summed E-state index contributed by atoms with van der Waals surface area (Å²) in [6.45, 7) is -0.133. The highest BCUT2D eigenvalue weighted by Gasteiger charge is 2.34. The Labute approximate surface area is 57.5 Å². The Morgan fingerprint density at radius 3 is 2.40 bits per heavy atom. The Hall–Kier alpha value is -0.680. The zero-order valence-electron chi connectivity index (χ0n) is 5.54. The standard InChI is InChI=1S/C5H10FNO3/c1-5(10,2-6)3(7)4(8)9/h3,10H,2,7H2,1H3,(H,8,9)/t3-,5-/m1/s1. The summed E-state index contributed by atoms with van der Waals surface area (Å²) in [5.41, 5.74) is 2.95. The number of hydrogen-bond donors (Lipinski definition) is 3. The van der Waals surface area contributed by atoms with Crippen molar-refractivity contribution in [2.24, 2.45) is 5.73 Å². The maximum atomic E-state index is 11.8. The molecule has 0 saturated carbocycles. The van der Waals surface area contributed by atoms with E-state index in [1.54, 1.807) is 0 Å². The Morgan fingerprint density at radius 1 is 1.90 bits per heavy atom. The first-order valence-electron chi connectivity index (χ1n) is 2.68. The average Bonchev–Trinajstić information content (AvgIpc) is 1.86. The minimum Gasteiger partial charge on any atom is -0.480 e. The molecule has 0 rings (SSSR count). The molecule has 60 valence electrons. The molecule has 0 aliphatic heterocycles. The highest BCUT2D eigenvalue weighted by molar-refractivity contribution is 5.74. The molecule has 0 radical (unpaired) electrons. The third-order valence-electron chi connectivity index (χ3n) is 1.21. The Balaban J connectivity index is 4.17. The van der Waals surface area contributed by atoms with Gasteiger partial charge in [-0.2, -0.15) is 0 Å². The third kappa shape index (κ3) is 1.93. The largest absolute Gasteiger partial charge is 0.480 e. The molecular formula is C5H10FNO3. The van der Waals surface area contributed by atoms with Gasteiger partial charge < -0.3 is 15.9 Å². The summed E-state index contributed by atoms with van der Waals surface area (Å²) in [4.78, 5) is 10.1. The molecule has 4 nitrogen and oxygen atoms in total. The zero-order chi connectivity index (χ0) is 8.36. The van der Waals surface area contributed by atoms with E-state index in [0.717, 1.165) is 6.92 Å². The SMILES string of the molecule is C[C@@](O)(CF)[C@H](N)C(=O)O. The number of carboxylic acid groups (broad SMARTS) is 1. The monoisotopic (exact) mass is 151 g/mol. The van der Waals surface area contributed by atoms with Crippen molar-refractivity contribution in [3.05, 3.63) is 0 Å². The number of aliphatic carboxylic acids is 1. The number of alkyl halides is 1. The molecule has 5 heteroatoms. The van der Waals surface area contributed by atoms with Crippen LogP contribution in [-0.4, -0.2) is 34.5 Å². The van der Waals surface area contributed by atoms with Crippen LogP contribution in [0.5, 0.6) is 0 Å². The van der Waals surface area contributed by atoms with E-state index in [2.05, 4.69) is 0 Å². The van der Waals surface area contributed by atoms with Crippen LogP contribution in [0.15, 0.2) is 0 Å². The smallest absolute Gasteiger partial charge is 0.323 e. The molecule has 0 heterocycles. The molecule has 0 spiro atoms. The van der Waals surface area contributed by atoms with E-state index in [4.69, 9.17) is 15.9 Å². The predicted octanol–water partition coefficient (Wildman–Crippen LogP) is -0.881. The molecule has 0 aliphatic carbocycles. The first-order valence-corrected chi connectivity index (χ1v) is 2.68. The van der Waals surface area contributed by atoms with E-state index in [-0.39, 0.29) is 0 Å². The van der Waals surface area contributed by atoms with Gasteiger partial charge in [0.05, 0.1) is 0 Å². The number of nitrogens with two attached hydrogens (primary N) is 1. The van der Waals surface area contributed by atoms with E-state index in [0.29, 0.717) is 0 Å². The molecule has 0 aromatic heterocycles. The maximum absolute atomic E-state index is 11.8. The Kier molecular flexibility index (Phi) is 2.74. The van der Waals surface area contributed by atoms with Gasteiger partial charge in [0.25, 0.3) is 0 Å². The Bertz CT molecular complexity index is 137. The molecule has 0 aromatic carbocycles. The van der Waals surface area contributed by atoms with E-state index in [1.807, 2.05) is 0 Å². The summed E-state index contributed by atoms with van der Waals surface area (Å²) < 4.78 is 11.8. The quantitative estimate of drug-likeness (QED) is 0.489. The van der Waals surface area contributed by atoms with Gasteiger partial charge in [0.1, 0.15) is 18.3 Å². The fourth-order valence-corrected chi connectivity index (χ4v) is 0.349. The highest BCUT2D eigenvalue weighted by Crippen LogP contribution is 2.08. The van der Waals surface area contributed by atoms with E-state index in [1.165, 1.54) is 0 Å². The second-order valence-corrected chi connectivity index (χ2v) is 2.31. The first kappa shape index (κ1) is 9.32. The molecule has 0 unspecified atom stereocenters. The number of aliphatic hydroxyl groups is 1. The number of hydrogen-bond acceptors (Lipinski definition) is 3. The minimum absolute atomic E-state index is 1.03. The van der Waals surface area contributed by atoms with Crippen LogP contribution in [0.25, 0.3) is 0 Å². The van der Waals surface area contributed by atoms with Crippen LogP contribution in [0.1, 0.15) is 6.92 Å². The molecule has 0 aliphatic rings. The molecule has 4 N–H and O–H groups in total. The molecule has 10 heavy (non-hydrogen) atoms. The molecule has 0 amide bonds. The number of halogens is 1. The second-order valence-electron chi connectivity index (χ2n) is 2.31.